The summed E-state index contributed by atoms with van der Waals surface area (Å²) in [6.45, 7) is -3.70. The summed E-state index contributed by atoms with van der Waals surface area (Å²) in [6.07, 6.45) is 0. The summed E-state index contributed by atoms with van der Waals surface area (Å²) in [5.41, 5.74) is 13.2. The molecule has 0 unspecified atom stereocenters. The monoisotopic (exact) mass is 1900 g/mol. The van der Waals surface area contributed by atoms with Crippen LogP contribution in [0.15, 0.2) is 510 Å². The summed E-state index contributed by atoms with van der Waals surface area (Å²) in [6, 6.07) is 161. The normalized spacial score (nSPS) is 11.7. The van der Waals surface area contributed by atoms with Gasteiger partial charge < -0.3 is 0 Å². The van der Waals surface area contributed by atoms with Gasteiger partial charge in [0.25, 0.3) is 0 Å². The minimum absolute atomic E-state index is 0.617. The molecule has 6 aromatic heterocycles. The SMILES string of the molecule is FCC(c1ccccc1)(c1ccccc1)n1nnc2ccccc21.FCC(c1ccccc1)(c1ccccc1)n1nnc2ccccc21.FCC(c1ccccc1)(c1ccccc1)n1nnc2ccccc21.FCC(c1ccccc1)(c1ccccc1)n1nnc2ccccc21.FCC(c1ccccc1)(c1ccccc1)n1nnc2ccccc21.FCC(c1ccccc1)(c1ccccc1)n1nnc2ccccc21. The molecule has 24 heteroatoms. The fourth-order valence-corrected chi connectivity index (χ4v) is 19.2. The van der Waals surface area contributed by atoms with Crippen LogP contribution in [-0.2, 0) is 33.2 Å². The quantitative estimate of drug-likeness (QED) is 0.0522. The van der Waals surface area contributed by atoms with E-state index in [0.717, 1.165) is 133 Å². The fourth-order valence-electron chi connectivity index (χ4n) is 19.2. The van der Waals surface area contributed by atoms with Gasteiger partial charge in [-0.15, -0.1) is 30.6 Å². The van der Waals surface area contributed by atoms with Crippen molar-refractivity contribution in [1.29, 1.82) is 0 Å². The molecule has 0 aliphatic carbocycles. The maximum Gasteiger partial charge on any atom is 0.143 e. The Bertz CT molecular complexity index is 6700. The van der Waals surface area contributed by atoms with Gasteiger partial charge in [-0.3, -0.25) is 0 Å². The highest BCUT2D eigenvalue weighted by Gasteiger charge is 2.46. The zero-order valence-electron chi connectivity index (χ0n) is 78.1. The van der Waals surface area contributed by atoms with Gasteiger partial charge in [-0.25, -0.2) is 54.4 Å². The Morgan fingerprint density at radius 1 is 0.125 bits per heavy atom. The second-order valence-electron chi connectivity index (χ2n) is 34.3. The highest BCUT2D eigenvalue weighted by Crippen LogP contribution is 2.44. The van der Waals surface area contributed by atoms with E-state index < -0.39 is 73.3 Å². The molecule has 144 heavy (non-hydrogen) atoms. The first-order valence-electron chi connectivity index (χ1n) is 47.0. The summed E-state index contributed by atoms with van der Waals surface area (Å²) >= 11 is 0. The molecule has 0 amide bonds. The molecule has 18 nitrogen and oxygen atoms in total. The molecule has 0 atom stereocenters. The molecule has 0 aliphatic heterocycles. The maximum absolute atomic E-state index is 14.7. The van der Waals surface area contributed by atoms with Crippen molar-refractivity contribution in [3.05, 3.63) is 576 Å². The highest BCUT2D eigenvalue weighted by atomic mass is 19.1. The van der Waals surface area contributed by atoms with Gasteiger partial charge in [0.05, 0.1) is 33.1 Å². The van der Waals surface area contributed by atoms with Crippen LogP contribution in [0.1, 0.15) is 66.8 Å². The van der Waals surface area contributed by atoms with E-state index in [9.17, 15) is 26.3 Å². The van der Waals surface area contributed by atoms with Crippen LogP contribution in [0.5, 0.6) is 0 Å². The lowest BCUT2D eigenvalue weighted by molar-refractivity contribution is 0.288. The zero-order chi connectivity index (χ0) is 98.4. The molecule has 0 saturated heterocycles. The first kappa shape index (κ1) is 94.9. The van der Waals surface area contributed by atoms with Gasteiger partial charge in [0.2, 0.25) is 0 Å². The van der Waals surface area contributed by atoms with Crippen LogP contribution in [0.2, 0.25) is 0 Å². The molecule has 0 fully saturated rings. The molecule has 0 N–H and O–H groups in total. The van der Waals surface area contributed by atoms with Crippen molar-refractivity contribution < 1.29 is 26.3 Å². The molecular weight excluding hydrogens is 1810 g/mol. The van der Waals surface area contributed by atoms with Gasteiger partial charge in [-0.2, -0.15) is 0 Å². The lowest BCUT2D eigenvalue weighted by Gasteiger charge is -2.32. The van der Waals surface area contributed by atoms with Crippen molar-refractivity contribution in [2.45, 2.75) is 33.2 Å². The molecule has 0 aliphatic rings. The van der Waals surface area contributed by atoms with Crippen molar-refractivity contribution in [1.82, 2.24) is 90.0 Å². The number of para-hydroxylation sites is 6. The second-order valence-corrected chi connectivity index (χ2v) is 34.3. The fraction of sp³-hybridized carbons (Fsp3) is 0.100. The van der Waals surface area contributed by atoms with Crippen LogP contribution in [0.4, 0.5) is 26.3 Å². The van der Waals surface area contributed by atoms with Crippen molar-refractivity contribution in [2.75, 3.05) is 40.0 Å². The van der Waals surface area contributed by atoms with Crippen LogP contribution in [-0.4, -0.2) is 130 Å². The van der Waals surface area contributed by atoms with Crippen LogP contribution in [0.25, 0.3) is 66.2 Å². The van der Waals surface area contributed by atoms with Crippen molar-refractivity contribution >= 4 is 66.2 Å². The summed E-state index contributed by atoms with van der Waals surface area (Å²) in [5, 5.41) is 51.3. The van der Waals surface area contributed by atoms with E-state index >= 15 is 0 Å². The van der Waals surface area contributed by atoms with E-state index in [2.05, 4.69) is 61.9 Å². The van der Waals surface area contributed by atoms with E-state index in [1.54, 1.807) is 28.1 Å². The van der Waals surface area contributed by atoms with Gasteiger partial charge in [-0.1, -0.05) is 468 Å². The van der Waals surface area contributed by atoms with Crippen LogP contribution in [0.3, 0.4) is 0 Å². The minimum atomic E-state index is -1.04. The van der Waals surface area contributed by atoms with E-state index in [0.29, 0.717) is 0 Å². The van der Waals surface area contributed by atoms with E-state index in [-0.39, 0.29) is 0 Å². The Balaban J connectivity index is 0.000000109. The summed E-state index contributed by atoms with van der Waals surface area (Å²) in [5.74, 6) is 0. The number of rotatable bonds is 24. The van der Waals surface area contributed by atoms with Gasteiger partial charge >= 0.3 is 0 Å². The van der Waals surface area contributed by atoms with E-state index in [4.69, 9.17) is 0 Å². The number of halogens is 6. The van der Waals surface area contributed by atoms with E-state index in [1.807, 2.05) is 510 Å². The van der Waals surface area contributed by atoms with Crippen molar-refractivity contribution in [3.8, 4) is 0 Å². The van der Waals surface area contributed by atoms with Gasteiger partial charge in [-0.05, 0) is 140 Å². The number of fused-ring (bicyclic) bond motifs is 6. The molecule has 18 aromatic carbocycles. The Hall–Kier alpha value is -18.1. The molecule has 6 heterocycles. The van der Waals surface area contributed by atoms with Crippen LogP contribution < -0.4 is 0 Å². The van der Waals surface area contributed by atoms with Gasteiger partial charge in [0.15, 0.2) is 0 Å². The Labute approximate surface area is 827 Å². The number of benzene rings is 18. The summed E-state index contributed by atoms with van der Waals surface area (Å²) in [7, 11) is 0. The predicted molar refractivity (Wildman–Crippen MR) is 555 cm³/mol. The van der Waals surface area contributed by atoms with Crippen LogP contribution in [0, 0.1) is 0 Å². The average Bonchev–Trinajstić information content (AvgIpc) is 1.49. The molecule has 24 rings (SSSR count). The number of alkyl halides is 6. The lowest BCUT2D eigenvalue weighted by Crippen LogP contribution is -2.39. The summed E-state index contributed by atoms with van der Waals surface area (Å²) in [4.78, 5) is 0. The smallest absolute Gasteiger partial charge is 0.143 e. The number of hydrogen-bond acceptors (Lipinski definition) is 12. The lowest BCUT2D eigenvalue weighted by atomic mass is 9.83. The molecular formula is C120H96F6N18. The number of nitrogens with zero attached hydrogens (tertiary/aromatic N) is 18. The molecule has 24 aromatic rings. The highest BCUT2D eigenvalue weighted by molar-refractivity contribution is 5.80. The number of aromatic nitrogens is 18. The Morgan fingerprint density at radius 3 is 0.312 bits per heavy atom. The van der Waals surface area contributed by atoms with Crippen molar-refractivity contribution in [2.24, 2.45) is 0 Å². The standard InChI is InChI=1S/6C20H16FN3/c6*21-15-20(16-9-3-1-4-10-16,17-11-5-2-6-12-17)24-19-14-8-7-13-18(19)22-23-24/h6*1-14H,15H2. The molecule has 708 valence electrons. The zero-order valence-corrected chi connectivity index (χ0v) is 78.1. The molecule has 0 saturated carbocycles. The van der Waals surface area contributed by atoms with Crippen LogP contribution >= 0.6 is 0 Å². The van der Waals surface area contributed by atoms with Crippen molar-refractivity contribution in [3.63, 3.8) is 0 Å². The minimum Gasteiger partial charge on any atom is -0.248 e. The van der Waals surface area contributed by atoms with E-state index in [1.165, 1.54) is 0 Å². The number of hydrogen-bond donors (Lipinski definition) is 0. The average molecular weight is 1900 g/mol. The second kappa shape index (κ2) is 43.5. The third-order valence-corrected chi connectivity index (χ3v) is 26.5. The first-order valence-corrected chi connectivity index (χ1v) is 47.0. The molecule has 0 spiro atoms. The predicted octanol–water partition coefficient (Wildman–Crippen LogP) is 25.2. The largest absolute Gasteiger partial charge is 0.248 e. The molecule has 0 radical (unpaired) electrons. The topological polar surface area (TPSA) is 184 Å². The molecule has 0 bridgehead atoms. The van der Waals surface area contributed by atoms with Gasteiger partial charge in [0.1, 0.15) is 106 Å². The Kier molecular flexibility index (Phi) is 28.7. The third-order valence-electron chi connectivity index (χ3n) is 26.5. The third kappa shape index (κ3) is 17.9. The Morgan fingerprint density at radius 2 is 0.215 bits per heavy atom. The first-order chi connectivity index (χ1) is 71.2. The maximum atomic E-state index is 14.7. The van der Waals surface area contributed by atoms with Gasteiger partial charge in [0, 0.05) is 0 Å². The summed E-state index contributed by atoms with van der Waals surface area (Å²) < 4.78 is 98.3.